The maximum Gasteiger partial charge on any atom is 0.225 e. The molecule has 1 aromatic carbocycles. The third-order valence-corrected chi connectivity index (χ3v) is 3.29. The minimum Gasteiger partial charge on any atom is -0.409 e. The Morgan fingerprint density at radius 3 is 2.89 bits per heavy atom. The van der Waals surface area contributed by atoms with Gasteiger partial charge in [0.05, 0.1) is 12.5 Å². The molecule has 1 atom stereocenters. The highest BCUT2D eigenvalue weighted by Crippen LogP contribution is 2.32. The van der Waals surface area contributed by atoms with E-state index < -0.39 is 0 Å². The number of carbonyl (C=O) groups is 1. The maximum absolute atomic E-state index is 12.0. The molecule has 2 rings (SSSR count). The third kappa shape index (κ3) is 3.71. The molecule has 1 aliphatic carbocycles. The van der Waals surface area contributed by atoms with Crippen molar-refractivity contribution in [2.45, 2.75) is 32.2 Å². The smallest absolute Gasteiger partial charge is 0.225 e. The van der Waals surface area contributed by atoms with Gasteiger partial charge in [-0.3, -0.25) is 4.79 Å². The highest BCUT2D eigenvalue weighted by molar-refractivity contribution is 5.91. The van der Waals surface area contributed by atoms with E-state index in [0.717, 1.165) is 24.0 Å². The molecule has 0 bridgehead atoms. The summed E-state index contributed by atoms with van der Waals surface area (Å²) in [6.07, 6.45) is 2.32. The minimum atomic E-state index is -0.345. The van der Waals surface area contributed by atoms with Crippen LogP contribution in [-0.4, -0.2) is 23.0 Å². The Balaban J connectivity index is 1.96. The van der Waals surface area contributed by atoms with Gasteiger partial charge in [0.1, 0.15) is 0 Å². The number of carbonyl (C=O) groups excluding carboxylic acids is 1. The molecule has 0 radical (unpaired) electrons. The van der Waals surface area contributed by atoms with E-state index >= 15 is 0 Å². The van der Waals surface area contributed by atoms with Gasteiger partial charge in [-0.05, 0) is 31.2 Å². The van der Waals surface area contributed by atoms with Crippen molar-refractivity contribution < 1.29 is 10.0 Å². The standard InChI is InChI=1S/C14H19N3O2/c1-9-3-2-4-10(7-9)8-12(18)16-13(11-5-6-11)14(15)17-19/h2-4,7,11,13,19H,5-6,8H2,1H3,(H2,15,17)(H,16,18). The molecule has 1 fully saturated rings. The molecular weight excluding hydrogens is 242 g/mol. The predicted molar refractivity (Wildman–Crippen MR) is 72.9 cm³/mol. The summed E-state index contributed by atoms with van der Waals surface area (Å²) in [6.45, 7) is 1.99. The van der Waals surface area contributed by atoms with E-state index in [-0.39, 0.29) is 17.8 Å². The number of hydrogen-bond donors (Lipinski definition) is 3. The van der Waals surface area contributed by atoms with Crippen LogP contribution in [0, 0.1) is 12.8 Å². The van der Waals surface area contributed by atoms with Gasteiger partial charge in [-0.15, -0.1) is 0 Å². The molecule has 4 N–H and O–H groups in total. The van der Waals surface area contributed by atoms with E-state index in [1.165, 1.54) is 0 Å². The summed E-state index contributed by atoms with van der Waals surface area (Å²) in [5.74, 6) is 0.284. The van der Waals surface area contributed by atoms with Gasteiger partial charge in [0, 0.05) is 0 Å². The summed E-state index contributed by atoms with van der Waals surface area (Å²) in [5.41, 5.74) is 7.70. The number of benzene rings is 1. The lowest BCUT2D eigenvalue weighted by molar-refractivity contribution is -0.120. The molecule has 5 nitrogen and oxygen atoms in total. The van der Waals surface area contributed by atoms with Gasteiger partial charge < -0.3 is 16.3 Å². The Morgan fingerprint density at radius 2 is 2.32 bits per heavy atom. The number of amides is 1. The molecule has 5 heteroatoms. The van der Waals surface area contributed by atoms with Gasteiger partial charge in [-0.1, -0.05) is 35.0 Å². The fraction of sp³-hybridized carbons (Fsp3) is 0.429. The lowest BCUT2D eigenvalue weighted by atomic mass is 10.1. The topological polar surface area (TPSA) is 87.7 Å². The van der Waals surface area contributed by atoms with Gasteiger partial charge in [0.15, 0.2) is 5.84 Å². The summed E-state index contributed by atoms with van der Waals surface area (Å²) in [4.78, 5) is 12.0. The van der Waals surface area contributed by atoms with Crippen molar-refractivity contribution in [3.05, 3.63) is 35.4 Å². The lowest BCUT2D eigenvalue weighted by Gasteiger charge is -2.16. The molecule has 1 amide bonds. The fourth-order valence-electron chi connectivity index (χ4n) is 2.16. The number of amidine groups is 1. The SMILES string of the molecule is Cc1cccc(CC(=O)NC(C(N)=NO)C2CC2)c1. The average molecular weight is 261 g/mol. The zero-order chi connectivity index (χ0) is 13.8. The van der Waals surface area contributed by atoms with Crippen LogP contribution in [0.2, 0.25) is 0 Å². The van der Waals surface area contributed by atoms with E-state index in [1.54, 1.807) is 0 Å². The normalized spacial score (nSPS) is 17.0. The monoisotopic (exact) mass is 261 g/mol. The molecule has 0 saturated heterocycles. The second-order valence-corrected chi connectivity index (χ2v) is 5.07. The molecule has 0 spiro atoms. The molecule has 1 aromatic rings. The van der Waals surface area contributed by atoms with Crippen LogP contribution in [0.3, 0.4) is 0 Å². The van der Waals surface area contributed by atoms with Crippen LogP contribution in [0.25, 0.3) is 0 Å². The summed E-state index contributed by atoms with van der Waals surface area (Å²) < 4.78 is 0. The Hall–Kier alpha value is -2.04. The maximum atomic E-state index is 12.0. The molecule has 1 aliphatic rings. The van der Waals surface area contributed by atoms with Crippen molar-refractivity contribution in [1.82, 2.24) is 5.32 Å². The predicted octanol–water partition coefficient (Wildman–Crippen LogP) is 1.18. The first kappa shape index (κ1) is 13.4. The van der Waals surface area contributed by atoms with Crippen LogP contribution in [0.4, 0.5) is 0 Å². The van der Waals surface area contributed by atoms with Crippen LogP contribution in [0.5, 0.6) is 0 Å². The first-order valence-electron chi connectivity index (χ1n) is 6.42. The summed E-state index contributed by atoms with van der Waals surface area (Å²) in [5, 5.41) is 14.6. The summed E-state index contributed by atoms with van der Waals surface area (Å²) in [7, 11) is 0. The minimum absolute atomic E-state index is 0.0834. The second kappa shape index (κ2) is 5.73. The van der Waals surface area contributed by atoms with Crippen LogP contribution in [0.1, 0.15) is 24.0 Å². The van der Waals surface area contributed by atoms with Crippen LogP contribution in [-0.2, 0) is 11.2 Å². The Kier molecular flexibility index (Phi) is 4.04. The molecular formula is C14H19N3O2. The van der Waals surface area contributed by atoms with Gasteiger partial charge in [0.2, 0.25) is 5.91 Å². The van der Waals surface area contributed by atoms with E-state index in [2.05, 4.69) is 10.5 Å². The molecule has 1 saturated carbocycles. The van der Waals surface area contributed by atoms with Crippen LogP contribution >= 0.6 is 0 Å². The first-order valence-corrected chi connectivity index (χ1v) is 6.42. The second-order valence-electron chi connectivity index (χ2n) is 5.07. The number of rotatable bonds is 5. The fourth-order valence-corrected chi connectivity index (χ4v) is 2.16. The Morgan fingerprint density at radius 1 is 1.58 bits per heavy atom. The van der Waals surface area contributed by atoms with Crippen molar-refractivity contribution in [2.24, 2.45) is 16.8 Å². The zero-order valence-electron chi connectivity index (χ0n) is 11.0. The van der Waals surface area contributed by atoms with Gasteiger partial charge >= 0.3 is 0 Å². The number of hydrogen-bond acceptors (Lipinski definition) is 3. The van der Waals surface area contributed by atoms with Crippen molar-refractivity contribution in [2.75, 3.05) is 0 Å². The number of nitrogens with two attached hydrogens (primary N) is 1. The van der Waals surface area contributed by atoms with Crippen molar-refractivity contribution >= 4 is 11.7 Å². The quantitative estimate of drug-likeness (QED) is 0.322. The average Bonchev–Trinajstić information content (AvgIpc) is 3.19. The van der Waals surface area contributed by atoms with Crippen LogP contribution < -0.4 is 11.1 Å². The summed E-state index contributed by atoms with van der Waals surface area (Å²) >= 11 is 0. The van der Waals surface area contributed by atoms with Gasteiger partial charge in [-0.2, -0.15) is 0 Å². The summed E-state index contributed by atoms with van der Waals surface area (Å²) in [6, 6.07) is 7.48. The lowest BCUT2D eigenvalue weighted by Crippen LogP contribution is -2.46. The molecule has 19 heavy (non-hydrogen) atoms. The first-order chi connectivity index (χ1) is 9.10. The molecule has 102 valence electrons. The van der Waals surface area contributed by atoms with Crippen molar-refractivity contribution in [3.63, 3.8) is 0 Å². The molecule has 0 heterocycles. The van der Waals surface area contributed by atoms with Crippen molar-refractivity contribution in [1.29, 1.82) is 0 Å². The Bertz CT molecular complexity index is 495. The van der Waals surface area contributed by atoms with E-state index in [9.17, 15) is 4.79 Å². The van der Waals surface area contributed by atoms with Gasteiger partial charge in [0.25, 0.3) is 0 Å². The molecule has 0 aliphatic heterocycles. The largest absolute Gasteiger partial charge is 0.409 e. The van der Waals surface area contributed by atoms with Gasteiger partial charge in [-0.25, -0.2) is 0 Å². The number of aryl methyl sites for hydroxylation is 1. The van der Waals surface area contributed by atoms with E-state index in [4.69, 9.17) is 10.9 Å². The highest BCUT2D eigenvalue weighted by atomic mass is 16.4. The Labute approximate surface area is 112 Å². The number of nitrogens with one attached hydrogen (secondary N) is 1. The van der Waals surface area contributed by atoms with Crippen LogP contribution in [0.15, 0.2) is 29.4 Å². The zero-order valence-corrected chi connectivity index (χ0v) is 11.0. The van der Waals surface area contributed by atoms with E-state index in [0.29, 0.717) is 12.3 Å². The third-order valence-electron chi connectivity index (χ3n) is 3.29. The molecule has 0 aromatic heterocycles. The number of nitrogens with zero attached hydrogens (tertiary/aromatic N) is 1. The number of oxime groups is 1. The van der Waals surface area contributed by atoms with Crippen molar-refractivity contribution in [3.8, 4) is 0 Å². The van der Waals surface area contributed by atoms with E-state index in [1.807, 2.05) is 31.2 Å². The molecule has 1 unspecified atom stereocenters. The highest BCUT2D eigenvalue weighted by Gasteiger charge is 2.35.